The molecule has 0 aromatic carbocycles. The van der Waals surface area contributed by atoms with Gasteiger partial charge in [-0.15, -0.1) is 11.3 Å². The summed E-state index contributed by atoms with van der Waals surface area (Å²) in [5, 5.41) is 5.50. The molecule has 3 heterocycles. The molecule has 0 saturated heterocycles. The minimum atomic E-state index is -0.0968. The van der Waals surface area contributed by atoms with Gasteiger partial charge in [-0.05, 0) is 25.3 Å². The Hall–Kier alpha value is -0.890. The Bertz CT molecular complexity index is 735. The highest BCUT2D eigenvalue weighted by Gasteiger charge is 2.33. The fourth-order valence-electron chi connectivity index (χ4n) is 2.94. The van der Waals surface area contributed by atoms with Crippen molar-refractivity contribution in [2.75, 3.05) is 31.3 Å². The monoisotopic (exact) mass is 381 g/mol. The third kappa shape index (κ3) is 4.10. The van der Waals surface area contributed by atoms with Gasteiger partial charge in [-0.25, -0.2) is 9.97 Å². The highest BCUT2D eigenvalue weighted by molar-refractivity contribution is 7.99. The van der Waals surface area contributed by atoms with E-state index in [1.165, 1.54) is 15.8 Å². The summed E-state index contributed by atoms with van der Waals surface area (Å²) in [5.74, 6) is 1.98. The lowest BCUT2D eigenvalue weighted by atomic mass is 9.90. The zero-order valence-electron chi connectivity index (χ0n) is 15.5. The summed E-state index contributed by atoms with van der Waals surface area (Å²) in [4.78, 5) is 12.0. The zero-order chi connectivity index (χ0) is 17.9. The predicted octanol–water partition coefficient (Wildman–Crippen LogP) is 4.49. The quantitative estimate of drug-likeness (QED) is 0.413. The van der Waals surface area contributed by atoms with E-state index in [0.717, 1.165) is 47.4 Å². The Labute approximate surface area is 157 Å². The van der Waals surface area contributed by atoms with E-state index in [9.17, 15) is 0 Å². The third-order valence-electron chi connectivity index (χ3n) is 4.60. The Morgan fingerprint density at radius 3 is 2.92 bits per heavy atom. The number of nitrogens with one attached hydrogen (secondary N) is 1. The van der Waals surface area contributed by atoms with E-state index in [2.05, 4.69) is 26.1 Å². The lowest BCUT2D eigenvalue weighted by molar-refractivity contribution is -0.0542. The van der Waals surface area contributed by atoms with Crippen LogP contribution in [0.4, 0.5) is 5.82 Å². The Morgan fingerprint density at radius 2 is 2.20 bits per heavy atom. The molecule has 0 unspecified atom stereocenters. The van der Waals surface area contributed by atoms with Crippen molar-refractivity contribution < 1.29 is 9.47 Å². The molecule has 1 aliphatic heterocycles. The molecule has 5 nitrogen and oxygen atoms in total. The first kappa shape index (κ1) is 18.9. The molecule has 0 aliphatic carbocycles. The van der Waals surface area contributed by atoms with E-state index in [-0.39, 0.29) is 5.60 Å². The minimum absolute atomic E-state index is 0.0968. The maximum Gasteiger partial charge on any atom is 0.190 e. The molecule has 25 heavy (non-hydrogen) atoms. The predicted molar refractivity (Wildman–Crippen MR) is 106 cm³/mol. The zero-order valence-corrected chi connectivity index (χ0v) is 17.1. The fraction of sp³-hybridized carbons (Fsp3) is 0.667. The van der Waals surface area contributed by atoms with Crippen LogP contribution in [-0.4, -0.2) is 41.6 Å². The summed E-state index contributed by atoms with van der Waals surface area (Å²) in [7, 11) is 1.72. The van der Waals surface area contributed by atoms with Crippen LogP contribution in [-0.2, 0) is 22.5 Å². The van der Waals surface area contributed by atoms with Crippen molar-refractivity contribution in [3.63, 3.8) is 0 Å². The van der Waals surface area contributed by atoms with Gasteiger partial charge in [0.1, 0.15) is 10.6 Å². The molecule has 0 bridgehead atoms. The highest BCUT2D eigenvalue weighted by atomic mass is 32.2. The van der Waals surface area contributed by atoms with Crippen LogP contribution in [0.1, 0.15) is 44.1 Å². The minimum Gasteiger partial charge on any atom is -0.383 e. The van der Waals surface area contributed by atoms with Gasteiger partial charge >= 0.3 is 0 Å². The standard InChI is InChI=1S/C18H27N3O2S2/c1-5-9-24-17-20-15(19-7-8-22-4)14-12-10-18(3,6-2)23-11-13(12)25-16(14)21-17/h5-11H2,1-4H3,(H,19,20,21)/t18-/m1/s1. The number of thiophene rings is 1. The molecule has 2 aromatic heterocycles. The van der Waals surface area contributed by atoms with Gasteiger partial charge in [-0.1, -0.05) is 25.6 Å². The van der Waals surface area contributed by atoms with E-state index in [4.69, 9.17) is 19.4 Å². The summed E-state index contributed by atoms with van der Waals surface area (Å²) in [6.07, 6.45) is 3.03. The first-order valence-corrected chi connectivity index (χ1v) is 10.7. The first-order chi connectivity index (χ1) is 12.1. The van der Waals surface area contributed by atoms with Gasteiger partial charge in [-0.2, -0.15) is 0 Å². The van der Waals surface area contributed by atoms with Crippen LogP contribution in [0.5, 0.6) is 0 Å². The largest absolute Gasteiger partial charge is 0.383 e. The molecular formula is C18H27N3O2S2. The van der Waals surface area contributed by atoms with Gasteiger partial charge in [0.15, 0.2) is 5.16 Å². The number of ether oxygens (including phenoxy) is 2. The molecule has 138 valence electrons. The van der Waals surface area contributed by atoms with Gasteiger partial charge in [0.25, 0.3) is 0 Å². The number of hydrogen-bond donors (Lipinski definition) is 1. The number of aromatic nitrogens is 2. The molecule has 1 N–H and O–H groups in total. The van der Waals surface area contributed by atoms with E-state index in [1.807, 2.05) is 0 Å². The van der Waals surface area contributed by atoms with Gasteiger partial charge in [0, 0.05) is 30.7 Å². The third-order valence-corrected chi connectivity index (χ3v) is 6.75. The van der Waals surface area contributed by atoms with Gasteiger partial charge in [-0.3, -0.25) is 0 Å². The molecular weight excluding hydrogens is 354 g/mol. The number of anilines is 1. The fourth-order valence-corrected chi connectivity index (χ4v) is 4.80. The molecule has 0 radical (unpaired) electrons. The van der Waals surface area contributed by atoms with Crippen LogP contribution >= 0.6 is 23.1 Å². The first-order valence-electron chi connectivity index (χ1n) is 8.92. The van der Waals surface area contributed by atoms with Crippen LogP contribution in [0, 0.1) is 0 Å². The van der Waals surface area contributed by atoms with Crippen LogP contribution in [0.2, 0.25) is 0 Å². The van der Waals surface area contributed by atoms with Gasteiger partial charge in [0.05, 0.1) is 24.2 Å². The summed E-state index contributed by atoms with van der Waals surface area (Å²) in [6.45, 7) is 8.64. The van der Waals surface area contributed by atoms with Crippen molar-refractivity contribution in [1.82, 2.24) is 9.97 Å². The summed E-state index contributed by atoms with van der Waals surface area (Å²) in [5.41, 5.74) is 1.27. The molecule has 0 fully saturated rings. The van der Waals surface area contributed by atoms with Gasteiger partial charge < -0.3 is 14.8 Å². The number of thioether (sulfide) groups is 1. The second kappa shape index (κ2) is 8.20. The van der Waals surface area contributed by atoms with Crippen LogP contribution in [0.25, 0.3) is 10.2 Å². The summed E-state index contributed by atoms with van der Waals surface area (Å²) in [6, 6.07) is 0. The average Bonchev–Trinajstić information content (AvgIpc) is 2.97. The maximum absolute atomic E-state index is 6.12. The van der Waals surface area contributed by atoms with Crippen LogP contribution in [0.3, 0.4) is 0 Å². The molecule has 7 heteroatoms. The summed E-state index contributed by atoms with van der Waals surface area (Å²) < 4.78 is 11.3. The molecule has 3 rings (SSSR count). The summed E-state index contributed by atoms with van der Waals surface area (Å²) >= 11 is 3.47. The van der Waals surface area contributed by atoms with Gasteiger partial charge in [0.2, 0.25) is 0 Å². The number of methoxy groups -OCH3 is 1. The lowest BCUT2D eigenvalue weighted by Gasteiger charge is -2.33. The average molecular weight is 382 g/mol. The Balaban J connectivity index is 2.03. The topological polar surface area (TPSA) is 56.3 Å². The molecule has 1 atom stereocenters. The lowest BCUT2D eigenvalue weighted by Crippen LogP contribution is -2.34. The van der Waals surface area contributed by atoms with E-state index in [0.29, 0.717) is 13.2 Å². The van der Waals surface area contributed by atoms with Crippen molar-refractivity contribution in [3.8, 4) is 0 Å². The molecule has 1 aliphatic rings. The molecule has 0 saturated carbocycles. The number of fused-ring (bicyclic) bond motifs is 3. The molecule has 0 amide bonds. The van der Waals surface area contributed by atoms with Crippen molar-refractivity contribution >= 4 is 39.1 Å². The van der Waals surface area contributed by atoms with Crippen LogP contribution < -0.4 is 5.32 Å². The van der Waals surface area contributed by atoms with Crippen LogP contribution in [0.15, 0.2) is 5.16 Å². The second-order valence-electron chi connectivity index (χ2n) is 6.58. The van der Waals surface area contributed by atoms with Crippen molar-refractivity contribution in [3.05, 3.63) is 10.4 Å². The van der Waals surface area contributed by atoms with E-state index in [1.54, 1.807) is 30.2 Å². The smallest absolute Gasteiger partial charge is 0.190 e. The van der Waals surface area contributed by atoms with Crippen molar-refractivity contribution in [1.29, 1.82) is 0 Å². The number of rotatable bonds is 8. The molecule has 0 spiro atoms. The van der Waals surface area contributed by atoms with Crippen molar-refractivity contribution in [2.24, 2.45) is 0 Å². The number of hydrogen-bond acceptors (Lipinski definition) is 7. The Morgan fingerprint density at radius 1 is 1.36 bits per heavy atom. The second-order valence-corrected chi connectivity index (χ2v) is 8.72. The maximum atomic E-state index is 6.12. The Kier molecular flexibility index (Phi) is 6.20. The van der Waals surface area contributed by atoms with E-state index < -0.39 is 0 Å². The normalized spacial score (nSPS) is 20.0. The number of nitrogens with zero attached hydrogens (tertiary/aromatic N) is 2. The molecule has 2 aromatic rings. The SMILES string of the molecule is CCCSc1nc(NCCOC)c2c3c(sc2n1)CO[C@](C)(CC)C3. The highest BCUT2D eigenvalue weighted by Crippen LogP contribution is 2.42. The van der Waals surface area contributed by atoms with E-state index >= 15 is 0 Å². The van der Waals surface area contributed by atoms with Crippen molar-refractivity contribution in [2.45, 2.75) is 57.4 Å².